The lowest BCUT2D eigenvalue weighted by molar-refractivity contribution is 0.726. The summed E-state index contributed by atoms with van der Waals surface area (Å²) < 4.78 is 0. The summed E-state index contributed by atoms with van der Waals surface area (Å²) >= 11 is 12.3. The number of nitrogens with one attached hydrogen (secondary N) is 1. The maximum absolute atomic E-state index is 6.29. The van der Waals surface area contributed by atoms with E-state index in [4.69, 9.17) is 28.2 Å². The number of anilines is 3. The highest BCUT2D eigenvalue weighted by atomic mass is 35.5. The summed E-state index contributed by atoms with van der Waals surface area (Å²) in [5, 5.41) is 5.48. The van der Waals surface area contributed by atoms with Crippen LogP contribution in [0.1, 0.15) is 25.7 Å². The minimum Gasteiger partial charge on any atom is -0.356 e. The number of nitrogens with zero attached hydrogens (tertiary/aromatic N) is 3. The molecule has 1 aliphatic rings. The Hall–Kier alpha value is -2.04. The second kappa shape index (κ2) is 7.68. The Morgan fingerprint density at radius 1 is 0.885 bits per heavy atom. The van der Waals surface area contributed by atoms with Crippen LogP contribution in [0.2, 0.25) is 10.0 Å². The van der Waals surface area contributed by atoms with Crippen molar-refractivity contribution in [2.45, 2.75) is 25.7 Å². The van der Waals surface area contributed by atoms with Gasteiger partial charge >= 0.3 is 0 Å². The molecule has 0 saturated carbocycles. The lowest BCUT2D eigenvalue weighted by Crippen LogP contribution is -2.25. The molecule has 1 fully saturated rings. The Morgan fingerprint density at radius 3 is 2.42 bits per heavy atom. The molecule has 1 N–H and O–H groups in total. The Balaban J connectivity index is 1.75. The van der Waals surface area contributed by atoms with Gasteiger partial charge in [0.05, 0.1) is 16.2 Å². The van der Waals surface area contributed by atoms with E-state index in [1.807, 2.05) is 24.3 Å². The first-order valence-corrected chi connectivity index (χ1v) is 9.70. The van der Waals surface area contributed by atoms with E-state index in [0.29, 0.717) is 16.0 Å². The number of fused-ring (bicyclic) bond motifs is 1. The third kappa shape index (κ3) is 3.71. The second-order valence-electron chi connectivity index (χ2n) is 6.54. The average molecular weight is 387 g/mol. The monoisotopic (exact) mass is 386 g/mol. The van der Waals surface area contributed by atoms with E-state index in [2.05, 4.69) is 21.3 Å². The number of halogens is 2. The Kier molecular flexibility index (Phi) is 5.14. The minimum absolute atomic E-state index is 0.547. The SMILES string of the molecule is Clc1ccc(Nc2nc(N3CCCCCC3)c3ccccc3n2)c(Cl)c1. The van der Waals surface area contributed by atoms with Gasteiger partial charge in [0.2, 0.25) is 5.95 Å². The Morgan fingerprint density at radius 2 is 1.65 bits per heavy atom. The molecule has 3 aromatic rings. The highest BCUT2D eigenvalue weighted by Crippen LogP contribution is 2.31. The fourth-order valence-electron chi connectivity index (χ4n) is 3.35. The maximum Gasteiger partial charge on any atom is 0.229 e. The summed E-state index contributed by atoms with van der Waals surface area (Å²) in [6.45, 7) is 2.06. The quantitative estimate of drug-likeness (QED) is 0.593. The van der Waals surface area contributed by atoms with Gasteiger partial charge in [-0.15, -0.1) is 0 Å². The number of para-hydroxylation sites is 1. The van der Waals surface area contributed by atoms with Gasteiger partial charge in [-0.3, -0.25) is 0 Å². The van der Waals surface area contributed by atoms with Gasteiger partial charge in [-0.05, 0) is 43.2 Å². The Bertz CT molecular complexity index is 921. The van der Waals surface area contributed by atoms with Crippen molar-refractivity contribution < 1.29 is 0 Å². The van der Waals surface area contributed by atoms with E-state index in [1.54, 1.807) is 12.1 Å². The molecule has 1 aromatic heterocycles. The van der Waals surface area contributed by atoms with E-state index in [-0.39, 0.29) is 0 Å². The molecule has 4 rings (SSSR count). The van der Waals surface area contributed by atoms with Crippen molar-refractivity contribution in [3.8, 4) is 0 Å². The predicted molar refractivity (Wildman–Crippen MR) is 110 cm³/mol. The third-order valence-corrected chi connectivity index (χ3v) is 5.21. The zero-order valence-corrected chi connectivity index (χ0v) is 15.9. The minimum atomic E-state index is 0.547. The van der Waals surface area contributed by atoms with E-state index in [1.165, 1.54) is 25.7 Å². The van der Waals surface area contributed by atoms with Crippen LogP contribution in [-0.2, 0) is 0 Å². The van der Waals surface area contributed by atoms with Crippen LogP contribution in [0.25, 0.3) is 10.9 Å². The summed E-state index contributed by atoms with van der Waals surface area (Å²) in [6.07, 6.45) is 4.96. The number of hydrogen-bond donors (Lipinski definition) is 1. The third-order valence-electron chi connectivity index (χ3n) is 4.67. The average Bonchev–Trinajstić information content (AvgIpc) is 2.93. The lowest BCUT2D eigenvalue weighted by atomic mass is 10.2. The van der Waals surface area contributed by atoms with Gasteiger partial charge in [-0.1, -0.05) is 48.2 Å². The van der Waals surface area contributed by atoms with E-state index in [9.17, 15) is 0 Å². The number of rotatable bonds is 3. The largest absolute Gasteiger partial charge is 0.356 e. The zero-order chi connectivity index (χ0) is 17.9. The van der Waals surface area contributed by atoms with Gasteiger partial charge in [0, 0.05) is 23.5 Å². The smallest absolute Gasteiger partial charge is 0.229 e. The first-order valence-electron chi connectivity index (χ1n) is 8.94. The summed E-state index contributed by atoms with van der Waals surface area (Å²) in [7, 11) is 0. The fourth-order valence-corrected chi connectivity index (χ4v) is 3.81. The highest BCUT2D eigenvalue weighted by molar-refractivity contribution is 6.36. The molecule has 1 saturated heterocycles. The number of benzene rings is 2. The van der Waals surface area contributed by atoms with Crippen LogP contribution < -0.4 is 10.2 Å². The topological polar surface area (TPSA) is 41.1 Å². The molecule has 2 heterocycles. The van der Waals surface area contributed by atoms with Crippen LogP contribution >= 0.6 is 23.2 Å². The van der Waals surface area contributed by atoms with Crippen molar-refractivity contribution in [3.63, 3.8) is 0 Å². The van der Waals surface area contributed by atoms with Crippen LogP contribution in [0.5, 0.6) is 0 Å². The van der Waals surface area contributed by atoms with Gasteiger partial charge in [0.1, 0.15) is 5.82 Å². The molecular weight excluding hydrogens is 367 g/mol. The molecule has 1 aliphatic heterocycles. The molecule has 0 amide bonds. The van der Waals surface area contributed by atoms with Crippen LogP contribution in [0.15, 0.2) is 42.5 Å². The van der Waals surface area contributed by atoms with Crippen molar-refractivity contribution in [3.05, 3.63) is 52.5 Å². The first-order chi connectivity index (χ1) is 12.7. The fraction of sp³-hybridized carbons (Fsp3) is 0.300. The van der Waals surface area contributed by atoms with Gasteiger partial charge in [0.15, 0.2) is 0 Å². The summed E-state index contributed by atoms with van der Waals surface area (Å²) in [5.74, 6) is 1.54. The molecule has 2 aromatic carbocycles. The van der Waals surface area contributed by atoms with E-state index >= 15 is 0 Å². The molecular formula is C20H20Cl2N4. The lowest BCUT2D eigenvalue weighted by Gasteiger charge is -2.23. The van der Waals surface area contributed by atoms with Gasteiger partial charge in [-0.2, -0.15) is 4.98 Å². The van der Waals surface area contributed by atoms with Crippen molar-refractivity contribution in [2.24, 2.45) is 0 Å². The highest BCUT2D eigenvalue weighted by Gasteiger charge is 2.16. The van der Waals surface area contributed by atoms with Crippen LogP contribution in [0.4, 0.5) is 17.5 Å². The molecule has 0 aliphatic carbocycles. The Labute approximate surface area is 163 Å². The van der Waals surface area contributed by atoms with Crippen LogP contribution in [-0.4, -0.2) is 23.1 Å². The summed E-state index contributed by atoms with van der Waals surface area (Å²) in [5.41, 5.74) is 1.67. The predicted octanol–water partition coefficient (Wildman–Crippen LogP) is 6.06. The molecule has 0 bridgehead atoms. The maximum atomic E-state index is 6.29. The summed E-state index contributed by atoms with van der Waals surface area (Å²) in [4.78, 5) is 11.9. The van der Waals surface area contributed by atoms with Gasteiger partial charge in [0.25, 0.3) is 0 Å². The molecule has 4 nitrogen and oxygen atoms in total. The van der Waals surface area contributed by atoms with Gasteiger partial charge < -0.3 is 10.2 Å². The van der Waals surface area contributed by atoms with Crippen molar-refractivity contribution in [1.29, 1.82) is 0 Å². The molecule has 134 valence electrons. The molecule has 0 unspecified atom stereocenters. The first kappa shape index (κ1) is 17.4. The van der Waals surface area contributed by atoms with Gasteiger partial charge in [-0.25, -0.2) is 4.98 Å². The van der Waals surface area contributed by atoms with E-state index < -0.39 is 0 Å². The molecule has 0 atom stereocenters. The normalized spacial score (nSPS) is 15.1. The van der Waals surface area contributed by atoms with Crippen LogP contribution in [0.3, 0.4) is 0 Å². The van der Waals surface area contributed by atoms with Crippen LogP contribution in [0, 0.1) is 0 Å². The number of hydrogen-bond acceptors (Lipinski definition) is 4. The van der Waals surface area contributed by atoms with Crippen molar-refractivity contribution >= 4 is 51.6 Å². The molecule has 0 radical (unpaired) electrons. The zero-order valence-electron chi connectivity index (χ0n) is 14.4. The summed E-state index contributed by atoms with van der Waals surface area (Å²) in [6, 6.07) is 13.5. The molecule has 6 heteroatoms. The number of aromatic nitrogens is 2. The molecule has 0 spiro atoms. The van der Waals surface area contributed by atoms with E-state index in [0.717, 1.165) is 35.5 Å². The van der Waals surface area contributed by atoms with Crippen molar-refractivity contribution in [2.75, 3.05) is 23.3 Å². The standard InChI is InChI=1S/C20H20Cl2N4/c21-14-9-10-18(16(22)13-14)24-20-23-17-8-4-3-7-15(17)19(25-20)26-11-5-1-2-6-12-26/h3-4,7-10,13H,1-2,5-6,11-12H2,(H,23,24,25). The second-order valence-corrected chi connectivity index (χ2v) is 7.38. The molecule has 26 heavy (non-hydrogen) atoms. The van der Waals surface area contributed by atoms with Crippen molar-refractivity contribution in [1.82, 2.24) is 9.97 Å².